The van der Waals surface area contributed by atoms with Gasteiger partial charge in [0.1, 0.15) is 0 Å². The molecule has 3 rings (SSSR count). The summed E-state index contributed by atoms with van der Waals surface area (Å²) in [5, 5.41) is 10.1. The molecule has 4 nitrogen and oxygen atoms in total. The Morgan fingerprint density at radius 3 is 3.06 bits per heavy atom. The molecule has 0 spiro atoms. The molecule has 1 atom stereocenters. The van der Waals surface area contributed by atoms with Crippen LogP contribution in [0.5, 0.6) is 0 Å². The number of amides is 1. The van der Waals surface area contributed by atoms with E-state index in [1.807, 2.05) is 18.2 Å². The van der Waals surface area contributed by atoms with Gasteiger partial charge in [-0.3, -0.25) is 9.69 Å². The van der Waals surface area contributed by atoms with Crippen molar-refractivity contribution >= 4 is 48.5 Å². The Morgan fingerprint density at radius 1 is 1.53 bits per heavy atom. The van der Waals surface area contributed by atoms with Crippen LogP contribution in [0.3, 0.4) is 0 Å². The van der Waals surface area contributed by atoms with E-state index in [2.05, 4.69) is 20.9 Å². The second kappa shape index (κ2) is 4.04. The van der Waals surface area contributed by atoms with Gasteiger partial charge in [-0.15, -0.1) is 0 Å². The third kappa shape index (κ3) is 1.96. The number of hydrogen-bond donors (Lipinski definition) is 1. The Bertz CT molecular complexity index is 598. The molecule has 6 heteroatoms. The Hall–Kier alpha value is -0.980. The molecule has 1 aromatic heterocycles. The molecular formula is C11H9BrN2O2S. The van der Waals surface area contributed by atoms with Gasteiger partial charge >= 0.3 is 0 Å². The fourth-order valence-corrected chi connectivity index (χ4v) is 3.20. The lowest BCUT2D eigenvalue weighted by Crippen LogP contribution is -2.24. The molecule has 1 aromatic carbocycles. The number of rotatable bonds is 1. The summed E-state index contributed by atoms with van der Waals surface area (Å²) in [5.41, 5.74) is 0.869. The zero-order valence-corrected chi connectivity index (χ0v) is 11.2. The van der Waals surface area contributed by atoms with Gasteiger partial charge in [0.15, 0.2) is 5.13 Å². The van der Waals surface area contributed by atoms with E-state index in [1.54, 1.807) is 4.90 Å². The molecule has 1 N–H and O–H groups in total. The normalized spacial score (nSPS) is 20.5. The maximum absolute atomic E-state index is 11.7. The van der Waals surface area contributed by atoms with Gasteiger partial charge in [0.05, 0.1) is 29.3 Å². The second-order valence-electron chi connectivity index (χ2n) is 3.97. The summed E-state index contributed by atoms with van der Waals surface area (Å²) >= 11 is 4.86. The van der Waals surface area contributed by atoms with Gasteiger partial charge < -0.3 is 5.11 Å². The van der Waals surface area contributed by atoms with Gasteiger partial charge in [-0.25, -0.2) is 4.98 Å². The minimum Gasteiger partial charge on any atom is -0.391 e. The highest BCUT2D eigenvalue weighted by Crippen LogP contribution is 2.32. The van der Waals surface area contributed by atoms with Crippen molar-refractivity contribution < 1.29 is 9.90 Å². The molecule has 2 heterocycles. The number of benzene rings is 1. The van der Waals surface area contributed by atoms with Crippen LogP contribution in [-0.2, 0) is 4.79 Å². The Labute approximate surface area is 110 Å². The first-order chi connectivity index (χ1) is 8.13. The molecule has 0 bridgehead atoms. The van der Waals surface area contributed by atoms with Gasteiger partial charge in [-0.05, 0) is 18.2 Å². The van der Waals surface area contributed by atoms with Crippen LogP contribution in [0.15, 0.2) is 22.7 Å². The van der Waals surface area contributed by atoms with E-state index in [-0.39, 0.29) is 12.3 Å². The number of β-amino-alcohol motifs (C(OH)–C–C–N with tert-alkyl or cyclic N) is 1. The summed E-state index contributed by atoms with van der Waals surface area (Å²) in [4.78, 5) is 17.6. The predicted molar refractivity (Wildman–Crippen MR) is 70.3 cm³/mol. The first-order valence-electron chi connectivity index (χ1n) is 5.18. The van der Waals surface area contributed by atoms with E-state index in [0.717, 1.165) is 14.7 Å². The van der Waals surface area contributed by atoms with Crippen molar-refractivity contribution in [1.29, 1.82) is 0 Å². The van der Waals surface area contributed by atoms with Gasteiger partial charge in [0.2, 0.25) is 5.91 Å². The van der Waals surface area contributed by atoms with Gasteiger partial charge in [-0.1, -0.05) is 27.3 Å². The Kier molecular flexibility index (Phi) is 2.65. The number of fused-ring (bicyclic) bond motifs is 1. The number of halogens is 1. The molecule has 2 aromatic rings. The number of carbonyl (C=O) groups excluding carboxylic acids is 1. The fraction of sp³-hybridized carbons (Fsp3) is 0.273. The van der Waals surface area contributed by atoms with Crippen LogP contribution in [-0.4, -0.2) is 28.6 Å². The zero-order valence-electron chi connectivity index (χ0n) is 8.76. The minimum absolute atomic E-state index is 0.0596. The van der Waals surface area contributed by atoms with Crippen LogP contribution in [0.2, 0.25) is 0 Å². The number of carbonyl (C=O) groups is 1. The molecule has 17 heavy (non-hydrogen) atoms. The standard InChI is InChI=1S/C11H9BrN2O2S/c12-6-1-2-9-8(3-6)13-11(17-9)14-5-7(15)4-10(14)16/h1-3,7,15H,4-5H2. The first-order valence-corrected chi connectivity index (χ1v) is 6.79. The van der Waals surface area contributed by atoms with E-state index in [1.165, 1.54) is 11.3 Å². The quantitative estimate of drug-likeness (QED) is 0.878. The highest BCUT2D eigenvalue weighted by molar-refractivity contribution is 9.10. The third-order valence-corrected chi connectivity index (χ3v) is 4.23. The van der Waals surface area contributed by atoms with Crippen LogP contribution < -0.4 is 4.90 Å². The van der Waals surface area contributed by atoms with Gasteiger partial charge in [-0.2, -0.15) is 0 Å². The molecule has 0 aliphatic carbocycles. The molecule has 1 unspecified atom stereocenters. The van der Waals surface area contributed by atoms with Crippen LogP contribution in [0.4, 0.5) is 5.13 Å². The molecule has 1 amide bonds. The molecule has 1 fully saturated rings. The zero-order chi connectivity index (χ0) is 12.0. The average molecular weight is 313 g/mol. The van der Waals surface area contributed by atoms with Crippen molar-refractivity contribution in [3.63, 3.8) is 0 Å². The van der Waals surface area contributed by atoms with Crippen LogP contribution in [0.1, 0.15) is 6.42 Å². The largest absolute Gasteiger partial charge is 0.391 e. The Morgan fingerprint density at radius 2 is 2.35 bits per heavy atom. The maximum Gasteiger partial charge on any atom is 0.231 e. The SMILES string of the molecule is O=C1CC(O)CN1c1nc2cc(Br)ccc2s1. The number of thiazole rings is 1. The van der Waals surface area contributed by atoms with E-state index in [4.69, 9.17) is 0 Å². The lowest BCUT2D eigenvalue weighted by molar-refractivity contribution is -0.117. The lowest BCUT2D eigenvalue weighted by atomic mass is 10.3. The van der Waals surface area contributed by atoms with Crippen molar-refractivity contribution in [2.24, 2.45) is 0 Å². The van der Waals surface area contributed by atoms with Crippen molar-refractivity contribution in [1.82, 2.24) is 4.98 Å². The number of nitrogens with zero attached hydrogens (tertiary/aromatic N) is 2. The molecule has 0 radical (unpaired) electrons. The van der Waals surface area contributed by atoms with Crippen molar-refractivity contribution in [3.05, 3.63) is 22.7 Å². The van der Waals surface area contributed by atoms with Gasteiger partial charge in [0, 0.05) is 4.47 Å². The topological polar surface area (TPSA) is 53.4 Å². The van der Waals surface area contributed by atoms with E-state index in [9.17, 15) is 9.90 Å². The lowest BCUT2D eigenvalue weighted by Gasteiger charge is -2.10. The summed E-state index contributed by atoms with van der Waals surface area (Å²) in [6.07, 6.45) is -0.374. The third-order valence-electron chi connectivity index (χ3n) is 2.67. The van der Waals surface area contributed by atoms with Crippen molar-refractivity contribution in [3.8, 4) is 0 Å². The summed E-state index contributed by atoms with van der Waals surface area (Å²) in [7, 11) is 0. The smallest absolute Gasteiger partial charge is 0.231 e. The Balaban J connectivity index is 2.03. The first kappa shape index (κ1) is 11.1. The highest BCUT2D eigenvalue weighted by Gasteiger charge is 2.31. The fourth-order valence-electron chi connectivity index (χ4n) is 1.88. The van der Waals surface area contributed by atoms with Gasteiger partial charge in [0.25, 0.3) is 0 Å². The van der Waals surface area contributed by atoms with Crippen LogP contribution in [0, 0.1) is 0 Å². The number of aliphatic hydroxyl groups is 1. The maximum atomic E-state index is 11.7. The summed E-state index contributed by atoms with van der Waals surface area (Å²) in [6.45, 7) is 0.347. The monoisotopic (exact) mass is 312 g/mol. The minimum atomic E-state index is -0.568. The van der Waals surface area contributed by atoms with Crippen molar-refractivity contribution in [2.75, 3.05) is 11.4 Å². The molecular weight excluding hydrogens is 304 g/mol. The average Bonchev–Trinajstić information content (AvgIpc) is 2.80. The number of aliphatic hydroxyl groups excluding tert-OH is 1. The molecule has 1 aliphatic heterocycles. The van der Waals surface area contributed by atoms with E-state index >= 15 is 0 Å². The summed E-state index contributed by atoms with van der Waals surface area (Å²) < 4.78 is 2.01. The predicted octanol–water partition coefficient (Wildman–Crippen LogP) is 2.16. The number of aromatic nitrogens is 1. The molecule has 1 saturated heterocycles. The summed E-state index contributed by atoms with van der Waals surface area (Å²) in [6, 6.07) is 5.84. The van der Waals surface area contributed by atoms with E-state index < -0.39 is 6.10 Å². The van der Waals surface area contributed by atoms with Crippen LogP contribution >= 0.6 is 27.3 Å². The number of hydrogen-bond acceptors (Lipinski definition) is 4. The molecule has 88 valence electrons. The second-order valence-corrected chi connectivity index (χ2v) is 5.90. The summed E-state index contributed by atoms with van der Waals surface area (Å²) in [5.74, 6) is -0.0596. The molecule has 1 aliphatic rings. The van der Waals surface area contributed by atoms with E-state index in [0.29, 0.717) is 11.7 Å². The molecule has 0 saturated carbocycles. The van der Waals surface area contributed by atoms with Crippen molar-refractivity contribution in [2.45, 2.75) is 12.5 Å². The number of anilines is 1. The highest BCUT2D eigenvalue weighted by atomic mass is 79.9. The van der Waals surface area contributed by atoms with Crippen LogP contribution in [0.25, 0.3) is 10.2 Å².